The van der Waals surface area contributed by atoms with Crippen LogP contribution in [0.3, 0.4) is 0 Å². The molecule has 5 heteroatoms. The molecule has 0 unspecified atom stereocenters. The molecule has 0 N–H and O–H groups in total. The Hall–Kier alpha value is 0.970. The number of hydrogen-bond donors (Lipinski definition) is 0. The van der Waals surface area contributed by atoms with E-state index in [1.807, 2.05) is 51.3 Å². The third kappa shape index (κ3) is 3.03. The zero-order valence-corrected chi connectivity index (χ0v) is 12.6. The van der Waals surface area contributed by atoms with E-state index in [2.05, 4.69) is 0 Å². The van der Waals surface area contributed by atoms with Crippen LogP contribution in [0.25, 0.3) is 0 Å². The van der Waals surface area contributed by atoms with Crippen molar-refractivity contribution in [3.05, 3.63) is 24.8 Å². The molecule has 0 aliphatic carbocycles. The van der Waals surface area contributed by atoms with Crippen molar-refractivity contribution in [1.82, 2.24) is 0 Å². The summed E-state index contributed by atoms with van der Waals surface area (Å²) in [7, 11) is 0. The predicted molar refractivity (Wildman–Crippen MR) is 56.0 cm³/mol. The van der Waals surface area contributed by atoms with Crippen LogP contribution in [-0.2, 0) is 0 Å². The van der Waals surface area contributed by atoms with Gasteiger partial charge in [0, 0.05) is 7.14 Å². The summed E-state index contributed by atoms with van der Waals surface area (Å²) >= 11 is 3.86. The maximum Gasteiger partial charge on any atom is 1.00 e. The topological polar surface area (TPSA) is 46.8 Å². The Labute approximate surface area is 120 Å². The SMILES string of the molecule is N#Cc1cc(I)c([O-])c(I)c1.[Na+]. The molecular weight excluding hydrogens is 391 g/mol. The Kier molecular flexibility index (Phi) is 6.10. The minimum atomic E-state index is 0. The van der Waals surface area contributed by atoms with Crippen LogP contribution in [0.4, 0.5) is 0 Å². The van der Waals surface area contributed by atoms with Crippen LogP contribution in [0, 0.1) is 18.5 Å². The van der Waals surface area contributed by atoms with Crippen LogP contribution in [-0.4, -0.2) is 0 Å². The van der Waals surface area contributed by atoms with E-state index in [0.29, 0.717) is 12.7 Å². The van der Waals surface area contributed by atoms with Crippen molar-refractivity contribution in [2.24, 2.45) is 0 Å². The molecule has 1 aromatic carbocycles. The molecule has 2 nitrogen and oxygen atoms in total. The number of nitriles is 1. The Bertz CT molecular complexity index is 312. The largest absolute Gasteiger partial charge is 1.00 e. The zero-order valence-electron chi connectivity index (χ0n) is 6.27. The van der Waals surface area contributed by atoms with E-state index in [1.165, 1.54) is 0 Å². The Morgan fingerprint density at radius 3 is 2.00 bits per heavy atom. The van der Waals surface area contributed by atoms with Crippen molar-refractivity contribution in [2.45, 2.75) is 0 Å². The second-order valence-electron chi connectivity index (χ2n) is 1.88. The van der Waals surface area contributed by atoms with Crippen molar-refractivity contribution in [3.8, 4) is 11.8 Å². The van der Waals surface area contributed by atoms with Crippen molar-refractivity contribution in [1.29, 1.82) is 5.26 Å². The maximum absolute atomic E-state index is 11.1. The third-order valence-corrected chi connectivity index (χ3v) is 2.73. The molecule has 0 aliphatic heterocycles. The molecule has 56 valence electrons. The van der Waals surface area contributed by atoms with E-state index >= 15 is 0 Å². The summed E-state index contributed by atoms with van der Waals surface area (Å²) in [6.45, 7) is 0. The Morgan fingerprint density at radius 1 is 1.25 bits per heavy atom. The normalized spacial score (nSPS) is 8.42. The summed E-state index contributed by atoms with van der Waals surface area (Å²) in [4.78, 5) is 0. The van der Waals surface area contributed by atoms with Gasteiger partial charge in [0.25, 0.3) is 0 Å². The first-order valence-corrected chi connectivity index (χ1v) is 4.87. The fourth-order valence-electron chi connectivity index (χ4n) is 0.624. The molecule has 1 rings (SSSR count). The van der Waals surface area contributed by atoms with E-state index in [-0.39, 0.29) is 35.3 Å². The van der Waals surface area contributed by atoms with Gasteiger partial charge in [0.2, 0.25) is 0 Å². The van der Waals surface area contributed by atoms with Crippen molar-refractivity contribution in [3.63, 3.8) is 0 Å². The molecule has 0 atom stereocenters. The Balaban J connectivity index is 0.00000121. The molecule has 0 saturated carbocycles. The summed E-state index contributed by atoms with van der Waals surface area (Å²) < 4.78 is 1.21. The number of nitrogens with zero attached hydrogens (tertiary/aromatic N) is 1. The molecule has 0 amide bonds. The number of hydrogen-bond acceptors (Lipinski definition) is 2. The summed E-state index contributed by atoms with van der Waals surface area (Å²) in [5, 5.41) is 19.6. The van der Waals surface area contributed by atoms with Crippen molar-refractivity contribution >= 4 is 45.2 Å². The van der Waals surface area contributed by atoms with Crippen LogP contribution in [0.15, 0.2) is 12.1 Å². The van der Waals surface area contributed by atoms with Gasteiger partial charge in [0.15, 0.2) is 0 Å². The molecule has 0 spiro atoms. The van der Waals surface area contributed by atoms with Crippen LogP contribution in [0.5, 0.6) is 5.75 Å². The first kappa shape index (κ1) is 13.0. The minimum Gasteiger partial charge on any atom is -0.871 e. The molecule has 0 aromatic heterocycles. The van der Waals surface area contributed by atoms with E-state index in [1.54, 1.807) is 12.1 Å². The van der Waals surface area contributed by atoms with Crippen molar-refractivity contribution in [2.75, 3.05) is 0 Å². The fraction of sp³-hybridized carbons (Fsp3) is 0. The second kappa shape index (κ2) is 5.65. The Morgan fingerprint density at radius 2 is 1.67 bits per heavy atom. The zero-order chi connectivity index (χ0) is 8.43. The minimum absolute atomic E-state index is 0. The van der Waals surface area contributed by atoms with Gasteiger partial charge in [-0.2, -0.15) is 5.26 Å². The van der Waals surface area contributed by atoms with Crippen LogP contribution in [0.1, 0.15) is 5.56 Å². The molecule has 12 heavy (non-hydrogen) atoms. The number of benzene rings is 1. The van der Waals surface area contributed by atoms with Gasteiger partial charge in [0.05, 0.1) is 11.6 Å². The average Bonchev–Trinajstić information content (AvgIpc) is 1.99. The summed E-state index contributed by atoms with van der Waals surface area (Å²) in [5.74, 6) is 0.00481. The molecule has 0 heterocycles. The van der Waals surface area contributed by atoms with E-state index in [9.17, 15) is 5.11 Å². The summed E-state index contributed by atoms with van der Waals surface area (Å²) in [5.41, 5.74) is 0.540. The number of halogens is 2. The standard InChI is InChI=1S/C7H3I2NO.Na/c8-5-1-4(3-10)2-6(9)7(5)11;/h1-2,11H;/q;+1/p-1. The van der Waals surface area contributed by atoms with Gasteiger partial charge in [-0.1, -0.05) is 5.75 Å². The first-order valence-electron chi connectivity index (χ1n) is 2.71. The van der Waals surface area contributed by atoms with Gasteiger partial charge < -0.3 is 5.11 Å². The predicted octanol–water partition coefficient (Wildman–Crippen LogP) is -1.15. The van der Waals surface area contributed by atoms with Crippen LogP contribution >= 0.6 is 45.2 Å². The van der Waals surface area contributed by atoms with E-state index in [4.69, 9.17) is 5.26 Å². The fourth-order valence-corrected chi connectivity index (χ4v) is 2.39. The maximum atomic E-state index is 11.1. The van der Waals surface area contributed by atoms with E-state index < -0.39 is 0 Å². The third-order valence-electron chi connectivity index (χ3n) is 1.13. The quantitative estimate of drug-likeness (QED) is 0.413. The summed E-state index contributed by atoms with van der Waals surface area (Å²) in [6, 6.07) is 5.16. The van der Waals surface area contributed by atoms with Crippen LogP contribution < -0.4 is 34.7 Å². The van der Waals surface area contributed by atoms with Gasteiger partial charge >= 0.3 is 29.6 Å². The molecular formula is C7H2I2NNaO. The van der Waals surface area contributed by atoms with Gasteiger partial charge in [-0.05, 0) is 57.3 Å². The summed E-state index contributed by atoms with van der Waals surface area (Å²) in [6.07, 6.45) is 0. The molecule has 1 aromatic rings. The second-order valence-corrected chi connectivity index (χ2v) is 4.21. The molecule has 0 aliphatic rings. The van der Waals surface area contributed by atoms with Crippen LogP contribution in [0.2, 0.25) is 0 Å². The average molecular weight is 393 g/mol. The van der Waals surface area contributed by atoms with E-state index in [0.717, 1.165) is 0 Å². The first-order chi connectivity index (χ1) is 5.15. The molecule has 0 radical (unpaired) electrons. The van der Waals surface area contributed by atoms with Crippen molar-refractivity contribution < 1.29 is 34.7 Å². The molecule has 0 bridgehead atoms. The van der Waals surface area contributed by atoms with Gasteiger partial charge in [-0.3, -0.25) is 0 Å². The molecule has 0 fully saturated rings. The number of rotatable bonds is 0. The van der Waals surface area contributed by atoms with Gasteiger partial charge in [-0.15, -0.1) is 0 Å². The van der Waals surface area contributed by atoms with Gasteiger partial charge in [0.1, 0.15) is 0 Å². The smallest absolute Gasteiger partial charge is 0.871 e. The molecule has 0 saturated heterocycles. The van der Waals surface area contributed by atoms with Gasteiger partial charge in [-0.25, -0.2) is 0 Å². The monoisotopic (exact) mass is 393 g/mol.